The molecule has 1 aliphatic carbocycles. The highest BCUT2D eigenvalue weighted by molar-refractivity contribution is 7.24. The van der Waals surface area contributed by atoms with Crippen molar-refractivity contribution in [3.8, 4) is 11.4 Å². The molecule has 1 fully saturated rings. The van der Waals surface area contributed by atoms with Crippen LogP contribution in [0.25, 0.3) is 31.7 Å². The van der Waals surface area contributed by atoms with E-state index in [-0.39, 0.29) is 28.1 Å². The highest BCUT2D eigenvalue weighted by Gasteiger charge is 2.25. The van der Waals surface area contributed by atoms with Crippen LogP contribution in [0.1, 0.15) is 31.7 Å². The maximum absolute atomic E-state index is 13.6. The Morgan fingerprint density at radius 1 is 1.07 bits per heavy atom. The van der Waals surface area contributed by atoms with Gasteiger partial charge in [-0.05, 0) is 25.0 Å². The van der Waals surface area contributed by atoms with Crippen molar-refractivity contribution >= 4 is 37.3 Å². The second-order valence-electron chi connectivity index (χ2n) is 7.46. The van der Waals surface area contributed by atoms with Gasteiger partial charge in [-0.1, -0.05) is 37.1 Å². The standard InChI is InChI=1S/C22H17N3O4S/c26-19-16-10-3-4-11-17(16)30-21-18(19)22(27)24(14-7-1-2-8-14)20(23-21)13-6-5-9-15(12-13)25(28)29/h3-6,9-12,14H,1-2,7-8H2. The lowest BCUT2D eigenvalue weighted by molar-refractivity contribution is -0.384. The van der Waals surface area contributed by atoms with Crippen molar-refractivity contribution in [1.82, 2.24) is 9.55 Å². The molecule has 5 rings (SSSR count). The third kappa shape index (κ3) is 2.91. The van der Waals surface area contributed by atoms with E-state index in [1.807, 2.05) is 12.1 Å². The number of aromatic nitrogens is 2. The van der Waals surface area contributed by atoms with E-state index >= 15 is 0 Å². The van der Waals surface area contributed by atoms with Gasteiger partial charge in [0.05, 0.1) is 4.92 Å². The van der Waals surface area contributed by atoms with Gasteiger partial charge in [0.1, 0.15) is 16.0 Å². The molecule has 7 nitrogen and oxygen atoms in total. The third-order valence-electron chi connectivity index (χ3n) is 5.65. The van der Waals surface area contributed by atoms with Crippen LogP contribution in [-0.4, -0.2) is 14.5 Å². The van der Waals surface area contributed by atoms with Crippen LogP contribution >= 0.6 is 11.3 Å². The second-order valence-corrected chi connectivity index (χ2v) is 8.49. The number of non-ortho nitro benzene ring substituents is 1. The van der Waals surface area contributed by atoms with Gasteiger partial charge >= 0.3 is 0 Å². The Morgan fingerprint density at radius 3 is 2.60 bits per heavy atom. The third-order valence-corrected chi connectivity index (χ3v) is 6.72. The van der Waals surface area contributed by atoms with Crippen molar-refractivity contribution < 1.29 is 4.92 Å². The van der Waals surface area contributed by atoms with Crippen molar-refractivity contribution in [1.29, 1.82) is 0 Å². The summed E-state index contributed by atoms with van der Waals surface area (Å²) in [6, 6.07) is 13.3. The first-order valence-corrected chi connectivity index (χ1v) is 10.6. The molecule has 4 aromatic rings. The number of rotatable bonds is 3. The van der Waals surface area contributed by atoms with Gasteiger partial charge in [0.25, 0.3) is 11.2 Å². The van der Waals surface area contributed by atoms with E-state index in [2.05, 4.69) is 0 Å². The fourth-order valence-electron chi connectivity index (χ4n) is 4.23. The molecule has 0 saturated heterocycles. The van der Waals surface area contributed by atoms with Gasteiger partial charge in [0.2, 0.25) is 5.43 Å². The monoisotopic (exact) mass is 419 g/mol. The highest BCUT2D eigenvalue weighted by atomic mass is 32.1. The topological polar surface area (TPSA) is 95.1 Å². The first kappa shape index (κ1) is 18.6. The molecule has 2 aromatic carbocycles. The molecule has 8 heteroatoms. The van der Waals surface area contributed by atoms with Crippen molar-refractivity contribution in [2.75, 3.05) is 0 Å². The summed E-state index contributed by atoms with van der Waals surface area (Å²) in [7, 11) is 0. The van der Waals surface area contributed by atoms with Crippen LogP contribution in [0.15, 0.2) is 58.1 Å². The Hall–Kier alpha value is -3.39. The van der Waals surface area contributed by atoms with Crippen LogP contribution in [0.2, 0.25) is 0 Å². The van der Waals surface area contributed by atoms with Crippen LogP contribution in [0.4, 0.5) is 5.69 Å². The summed E-state index contributed by atoms with van der Waals surface area (Å²) in [5.74, 6) is 0.383. The zero-order valence-electron chi connectivity index (χ0n) is 15.9. The van der Waals surface area contributed by atoms with Gasteiger partial charge in [-0.3, -0.25) is 24.3 Å². The molecule has 0 radical (unpaired) electrons. The Bertz CT molecular complexity index is 1430. The first-order valence-electron chi connectivity index (χ1n) is 9.77. The molecule has 0 unspecified atom stereocenters. The zero-order chi connectivity index (χ0) is 20.8. The number of nitro groups is 1. The molecule has 30 heavy (non-hydrogen) atoms. The lowest BCUT2D eigenvalue weighted by Crippen LogP contribution is -2.29. The van der Waals surface area contributed by atoms with Crippen molar-refractivity contribution in [3.63, 3.8) is 0 Å². The Kier molecular flexibility index (Phi) is 4.43. The largest absolute Gasteiger partial charge is 0.289 e. The predicted molar refractivity (Wildman–Crippen MR) is 117 cm³/mol. The minimum absolute atomic E-state index is 0.0634. The maximum Gasteiger partial charge on any atom is 0.270 e. The maximum atomic E-state index is 13.6. The molecule has 0 N–H and O–H groups in total. The van der Waals surface area contributed by atoms with Crippen molar-refractivity contribution in [2.45, 2.75) is 31.7 Å². The van der Waals surface area contributed by atoms with E-state index in [4.69, 9.17) is 4.98 Å². The second kappa shape index (κ2) is 7.14. The minimum Gasteiger partial charge on any atom is -0.289 e. The summed E-state index contributed by atoms with van der Waals surface area (Å²) in [5.41, 5.74) is -0.232. The summed E-state index contributed by atoms with van der Waals surface area (Å²) in [4.78, 5) is 42.6. The van der Waals surface area contributed by atoms with Crippen LogP contribution < -0.4 is 11.0 Å². The molecular weight excluding hydrogens is 402 g/mol. The molecule has 2 aromatic heterocycles. The minimum atomic E-state index is -0.464. The van der Waals surface area contributed by atoms with E-state index < -0.39 is 4.92 Å². The SMILES string of the molecule is O=c1c2ccccc2sc2nc(-c3cccc([N+](=O)[O-])c3)n(C3CCCC3)c(=O)c12. The number of nitrogens with zero attached hydrogens (tertiary/aromatic N) is 3. The van der Waals surface area contributed by atoms with Gasteiger partial charge in [-0.15, -0.1) is 11.3 Å². The molecule has 1 aliphatic rings. The Balaban J connectivity index is 1.89. The Morgan fingerprint density at radius 2 is 1.83 bits per heavy atom. The fraction of sp³-hybridized carbons (Fsp3) is 0.227. The highest BCUT2D eigenvalue weighted by Crippen LogP contribution is 2.34. The number of benzene rings is 2. The van der Waals surface area contributed by atoms with E-state index in [9.17, 15) is 19.7 Å². The molecule has 0 spiro atoms. The average molecular weight is 419 g/mol. The molecule has 0 amide bonds. The lowest BCUT2D eigenvalue weighted by Gasteiger charge is -2.19. The van der Waals surface area contributed by atoms with Crippen LogP contribution in [0.5, 0.6) is 0 Å². The van der Waals surface area contributed by atoms with Gasteiger partial charge in [-0.2, -0.15) is 0 Å². The molecule has 150 valence electrons. The van der Waals surface area contributed by atoms with E-state index in [0.29, 0.717) is 21.6 Å². The van der Waals surface area contributed by atoms with E-state index in [0.717, 1.165) is 30.4 Å². The molecule has 0 bridgehead atoms. The fourth-order valence-corrected chi connectivity index (χ4v) is 5.27. The smallest absolute Gasteiger partial charge is 0.270 e. The van der Waals surface area contributed by atoms with Crippen molar-refractivity contribution in [2.24, 2.45) is 0 Å². The normalized spacial score (nSPS) is 14.5. The number of nitro benzene ring substituents is 1. The number of hydrogen-bond acceptors (Lipinski definition) is 6. The molecule has 0 aliphatic heterocycles. The van der Waals surface area contributed by atoms with Gasteiger partial charge in [0.15, 0.2) is 0 Å². The Labute approximate surface area is 174 Å². The summed E-state index contributed by atoms with van der Waals surface area (Å²) in [6.07, 6.45) is 3.63. The van der Waals surface area contributed by atoms with Crippen LogP contribution in [-0.2, 0) is 0 Å². The predicted octanol–water partition coefficient (Wildman–Crippen LogP) is 4.66. The molecule has 1 saturated carbocycles. The van der Waals surface area contributed by atoms with Crippen LogP contribution in [0.3, 0.4) is 0 Å². The first-order chi connectivity index (χ1) is 14.5. The number of fused-ring (bicyclic) bond motifs is 2. The van der Waals surface area contributed by atoms with E-state index in [1.165, 1.54) is 23.5 Å². The zero-order valence-corrected chi connectivity index (χ0v) is 16.7. The summed E-state index contributed by atoms with van der Waals surface area (Å²) >= 11 is 1.29. The van der Waals surface area contributed by atoms with Gasteiger partial charge in [0, 0.05) is 33.8 Å². The van der Waals surface area contributed by atoms with E-state index in [1.54, 1.807) is 28.8 Å². The summed E-state index contributed by atoms with van der Waals surface area (Å²) < 4.78 is 2.35. The number of hydrogen-bond donors (Lipinski definition) is 0. The molecular formula is C22H17N3O4S. The summed E-state index contributed by atoms with van der Waals surface area (Å²) in [5, 5.41) is 11.9. The van der Waals surface area contributed by atoms with Gasteiger partial charge < -0.3 is 0 Å². The lowest BCUT2D eigenvalue weighted by atomic mass is 10.1. The molecule has 0 atom stereocenters. The molecule has 2 heterocycles. The van der Waals surface area contributed by atoms with Crippen molar-refractivity contribution in [3.05, 3.63) is 79.2 Å². The van der Waals surface area contributed by atoms with Gasteiger partial charge in [-0.25, -0.2) is 4.98 Å². The van der Waals surface area contributed by atoms with Crippen LogP contribution in [0, 0.1) is 10.1 Å². The quantitative estimate of drug-likeness (QED) is 0.273. The summed E-state index contributed by atoms with van der Waals surface area (Å²) in [6.45, 7) is 0. The average Bonchev–Trinajstić information content (AvgIpc) is 3.28.